The molecule has 0 amide bonds. The van der Waals surface area contributed by atoms with Crippen LogP contribution in [0.2, 0.25) is 0 Å². The zero-order valence-electron chi connectivity index (χ0n) is 11.3. The van der Waals surface area contributed by atoms with Crippen molar-refractivity contribution in [3.63, 3.8) is 0 Å². The number of rotatable bonds is 6. The maximum Gasteiger partial charge on any atom is 0.347 e. The number of carboxylic acids is 1. The molecular formula is C12H17NO4S3. The first kappa shape index (κ1) is 15.8. The molecule has 0 atom stereocenters. The van der Waals surface area contributed by atoms with E-state index in [9.17, 15) is 13.2 Å². The highest BCUT2D eigenvalue weighted by Gasteiger charge is 2.38. The fourth-order valence-electron chi connectivity index (χ4n) is 2.24. The molecule has 112 valence electrons. The molecular weight excluding hydrogens is 318 g/mol. The van der Waals surface area contributed by atoms with Crippen molar-refractivity contribution in [3.05, 3.63) is 15.8 Å². The lowest BCUT2D eigenvalue weighted by atomic mass is 9.84. The molecule has 1 aliphatic carbocycles. The van der Waals surface area contributed by atoms with E-state index in [1.165, 1.54) is 0 Å². The molecule has 0 saturated heterocycles. The van der Waals surface area contributed by atoms with Gasteiger partial charge in [0.05, 0.1) is 0 Å². The largest absolute Gasteiger partial charge is 0.477 e. The van der Waals surface area contributed by atoms with Crippen LogP contribution in [0.15, 0.2) is 10.3 Å². The van der Waals surface area contributed by atoms with E-state index in [2.05, 4.69) is 4.72 Å². The number of hydrogen-bond acceptors (Lipinski definition) is 5. The molecule has 5 nitrogen and oxygen atoms in total. The fourth-order valence-corrected chi connectivity index (χ4v) is 6.00. The van der Waals surface area contributed by atoms with Crippen LogP contribution < -0.4 is 4.72 Å². The molecule has 1 aromatic heterocycles. The third-order valence-corrected chi connectivity index (χ3v) is 7.88. The molecule has 20 heavy (non-hydrogen) atoms. The van der Waals surface area contributed by atoms with Gasteiger partial charge in [-0.15, -0.1) is 11.3 Å². The van der Waals surface area contributed by atoms with Crippen LogP contribution in [-0.2, 0) is 10.0 Å². The lowest BCUT2D eigenvalue weighted by molar-refractivity contribution is 0.0698. The van der Waals surface area contributed by atoms with Crippen molar-refractivity contribution < 1.29 is 18.3 Å². The predicted molar refractivity (Wildman–Crippen MR) is 81.3 cm³/mol. The molecule has 0 bridgehead atoms. The minimum atomic E-state index is -3.78. The van der Waals surface area contributed by atoms with Crippen LogP contribution in [0.1, 0.15) is 34.5 Å². The number of thiophene rings is 1. The second kappa shape index (κ2) is 5.67. The van der Waals surface area contributed by atoms with Crippen LogP contribution in [0.4, 0.5) is 0 Å². The van der Waals surface area contributed by atoms with E-state index < -0.39 is 16.0 Å². The lowest BCUT2D eigenvalue weighted by Crippen LogP contribution is -2.45. The fraction of sp³-hybridized carbons (Fsp3) is 0.583. The standard InChI is InChI=1S/C12H17NO4S3/c1-8-6-19-9(11(14)15)10(8)20(16,17)13-7-12(18-2)4-3-5-12/h6,13H,3-5,7H2,1-2H3,(H,14,15). The maximum absolute atomic E-state index is 12.4. The Morgan fingerprint density at radius 2 is 2.20 bits per heavy atom. The second-order valence-electron chi connectivity index (χ2n) is 4.95. The van der Waals surface area contributed by atoms with Gasteiger partial charge in [-0.1, -0.05) is 6.42 Å². The van der Waals surface area contributed by atoms with Gasteiger partial charge in [-0.3, -0.25) is 0 Å². The zero-order chi connectivity index (χ0) is 15.0. The highest BCUT2D eigenvalue weighted by atomic mass is 32.2. The first-order chi connectivity index (χ1) is 9.31. The van der Waals surface area contributed by atoms with Crippen molar-refractivity contribution >= 4 is 39.1 Å². The summed E-state index contributed by atoms with van der Waals surface area (Å²) in [5, 5.41) is 10.6. The van der Waals surface area contributed by atoms with E-state index >= 15 is 0 Å². The summed E-state index contributed by atoms with van der Waals surface area (Å²) in [4.78, 5) is 10.9. The number of carboxylic acid groups (broad SMARTS) is 1. The Bertz CT molecular complexity index is 611. The van der Waals surface area contributed by atoms with Crippen LogP contribution in [-0.4, -0.2) is 37.0 Å². The van der Waals surface area contributed by atoms with Gasteiger partial charge < -0.3 is 5.11 Å². The smallest absolute Gasteiger partial charge is 0.347 e. The average Bonchev–Trinajstić information content (AvgIpc) is 2.71. The van der Waals surface area contributed by atoms with Gasteiger partial charge >= 0.3 is 5.97 Å². The summed E-state index contributed by atoms with van der Waals surface area (Å²) in [7, 11) is -3.78. The minimum absolute atomic E-state index is 0.0274. The van der Waals surface area contributed by atoms with Crippen LogP contribution in [0.3, 0.4) is 0 Å². The molecule has 2 N–H and O–H groups in total. The summed E-state index contributed by atoms with van der Waals surface area (Å²) in [5.41, 5.74) is 0.478. The summed E-state index contributed by atoms with van der Waals surface area (Å²) in [6.45, 7) is 1.97. The molecule has 0 aromatic carbocycles. The normalized spacial score (nSPS) is 17.7. The number of sulfonamides is 1. The monoisotopic (exact) mass is 335 g/mol. The Labute approximate surface area is 126 Å². The number of aromatic carboxylic acids is 1. The molecule has 0 unspecified atom stereocenters. The Kier molecular flexibility index (Phi) is 4.48. The topological polar surface area (TPSA) is 83.5 Å². The van der Waals surface area contributed by atoms with Crippen molar-refractivity contribution in [2.75, 3.05) is 12.8 Å². The van der Waals surface area contributed by atoms with Crippen LogP contribution in [0.25, 0.3) is 0 Å². The number of aryl methyl sites for hydroxylation is 1. The summed E-state index contributed by atoms with van der Waals surface area (Å²) in [6.07, 6.45) is 5.07. The van der Waals surface area contributed by atoms with Gasteiger partial charge in [0.15, 0.2) is 0 Å². The molecule has 1 aliphatic rings. The van der Waals surface area contributed by atoms with Gasteiger partial charge in [-0.25, -0.2) is 17.9 Å². The van der Waals surface area contributed by atoms with Gasteiger partial charge in [-0.2, -0.15) is 11.8 Å². The molecule has 0 aliphatic heterocycles. The van der Waals surface area contributed by atoms with Crippen molar-refractivity contribution in [1.29, 1.82) is 0 Å². The molecule has 1 aromatic rings. The molecule has 8 heteroatoms. The number of thioether (sulfide) groups is 1. The number of carbonyl (C=O) groups is 1. The number of hydrogen-bond donors (Lipinski definition) is 2. The van der Waals surface area contributed by atoms with E-state index in [4.69, 9.17) is 5.11 Å². The van der Waals surface area contributed by atoms with Crippen LogP contribution >= 0.6 is 23.1 Å². The Balaban J connectivity index is 2.23. The third kappa shape index (κ3) is 2.88. The quantitative estimate of drug-likeness (QED) is 0.833. The molecule has 1 saturated carbocycles. The lowest BCUT2D eigenvalue weighted by Gasteiger charge is -2.40. The summed E-state index contributed by atoms with van der Waals surface area (Å²) >= 11 is 2.62. The van der Waals surface area contributed by atoms with Gasteiger partial charge in [-0.05, 0) is 37.0 Å². The van der Waals surface area contributed by atoms with Crippen molar-refractivity contribution in [2.45, 2.75) is 35.8 Å². The van der Waals surface area contributed by atoms with Gasteiger partial charge in [0.1, 0.15) is 9.77 Å². The van der Waals surface area contributed by atoms with E-state index in [1.807, 2.05) is 6.26 Å². The molecule has 2 rings (SSSR count). The van der Waals surface area contributed by atoms with Gasteiger partial charge in [0, 0.05) is 11.3 Å². The average molecular weight is 335 g/mol. The second-order valence-corrected chi connectivity index (χ2v) is 8.81. The minimum Gasteiger partial charge on any atom is -0.477 e. The maximum atomic E-state index is 12.4. The predicted octanol–water partition coefficient (Wildman–Crippen LogP) is 2.32. The molecule has 1 fully saturated rings. The van der Waals surface area contributed by atoms with E-state index in [0.717, 1.165) is 30.6 Å². The van der Waals surface area contributed by atoms with Gasteiger partial charge in [0.25, 0.3) is 0 Å². The van der Waals surface area contributed by atoms with Crippen LogP contribution in [0, 0.1) is 6.92 Å². The Morgan fingerprint density at radius 1 is 1.55 bits per heavy atom. The van der Waals surface area contributed by atoms with Crippen LogP contribution in [0.5, 0.6) is 0 Å². The third-order valence-electron chi connectivity index (χ3n) is 3.66. The highest BCUT2D eigenvalue weighted by molar-refractivity contribution is 8.00. The highest BCUT2D eigenvalue weighted by Crippen LogP contribution is 2.42. The molecule has 0 radical (unpaired) electrons. The zero-order valence-corrected chi connectivity index (χ0v) is 13.8. The first-order valence-electron chi connectivity index (χ1n) is 6.17. The van der Waals surface area contributed by atoms with E-state index in [-0.39, 0.29) is 14.5 Å². The Hall–Kier alpha value is -0.570. The van der Waals surface area contributed by atoms with E-state index in [0.29, 0.717) is 12.1 Å². The Morgan fingerprint density at radius 3 is 2.65 bits per heavy atom. The summed E-state index contributed by atoms with van der Waals surface area (Å²) in [6, 6.07) is 0. The van der Waals surface area contributed by atoms with Crippen molar-refractivity contribution in [2.24, 2.45) is 0 Å². The van der Waals surface area contributed by atoms with Crippen molar-refractivity contribution in [1.82, 2.24) is 4.72 Å². The van der Waals surface area contributed by atoms with E-state index in [1.54, 1.807) is 24.1 Å². The SMILES string of the molecule is CSC1(CNS(=O)(=O)c2c(C)csc2C(=O)O)CCC1. The van der Waals surface area contributed by atoms with Gasteiger partial charge in [0.2, 0.25) is 10.0 Å². The molecule has 1 heterocycles. The first-order valence-corrected chi connectivity index (χ1v) is 9.76. The summed E-state index contributed by atoms with van der Waals surface area (Å²) in [5.74, 6) is -1.20. The van der Waals surface area contributed by atoms with Crippen molar-refractivity contribution in [3.8, 4) is 0 Å². The number of nitrogens with one attached hydrogen (secondary N) is 1. The molecule has 0 spiro atoms. The summed E-state index contributed by atoms with van der Waals surface area (Å²) < 4.78 is 27.3.